The largest absolute Gasteiger partial charge is 0.310 e. The molecule has 0 N–H and O–H groups in total. The fraction of sp³-hybridized carbons (Fsp3) is 0.172. The second kappa shape index (κ2) is 14.7. The Morgan fingerprint density at radius 2 is 1.25 bits per heavy atom. The van der Waals surface area contributed by atoms with Gasteiger partial charge in [0.25, 0.3) is 0 Å². The maximum absolute atomic E-state index is 2.53. The molecule has 0 saturated heterocycles. The van der Waals surface area contributed by atoms with E-state index in [0.29, 0.717) is 11.8 Å². The minimum Gasteiger partial charge on any atom is -0.310 e. The lowest BCUT2D eigenvalue weighted by molar-refractivity contribution is 0.373. The molecule has 0 radical (unpaired) electrons. The van der Waals surface area contributed by atoms with Crippen molar-refractivity contribution in [1.82, 2.24) is 0 Å². The summed E-state index contributed by atoms with van der Waals surface area (Å²) in [5.74, 6) is 1.23. The zero-order valence-corrected chi connectivity index (χ0v) is 33.8. The third-order valence-electron chi connectivity index (χ3n) is 14.0. The van der Waals surface area contributed by atoms with Gasteiger partial charge in [-0.05, 0) is 105 Å². The average molecular weight is 760 g/mol. The Labute approximate surface area is 349 Å². The molecule has 0 aromatic heterocycles. The summed E-state index contributed by atoms with van der Waals surface area (Å²) in [7, 11) is 0. The molecule has 7 aromatic carbocycles. The molecule has 1 saturated carbocycles. The fourth-order valence-corrected chi connectivity index (χ4v) is 11.2. The lowest BCUT2D eigenvalue weighted by Gasteiger charge is -2.39. The monoisotopic (exact) mass is 759 g/mol. The van der Waals surface area contributed by atoms with Gasteiger partial charge in [-0.1, -0.05) is 201 Å². The molecule has 286 valence electrons. The quantitative estimate of drug-likeness (QED) is 0.156. The van der Waals surface area contributed by atoms with E-state index in [-0.39, 0.29) is 11.3 Å². The van der Waals surface area contributed by atoms with Crippen LogP contribution in [0.15, 0.2) is 211 Å². The molecule has 4 aliphatic rings. The Morgan fingerprint density at radius 1 is 0.559 bits per heavy atom. The van der Waals surface area contributed by atoms with Crippen molar-refractivity contribution >= 4 is 27.8 Å². The third-order valence-corrected chi connectivity index (χ3v) is 14.0. The number of benzene rings is 7. The van der Waals surface area contributed by atoms with Crippen LogP contribution in [0.2, 0.25) is 0 Å². The van der Waals surface area contributed by atoms with E-state index < -0.39 is 0 Å². The highest BCUT2D eigenvalue weighted by Crippen LogP contribution is 2.56. The van der Waals surface area contributed by atoms with Gasteiger partial charge in [-0.3, -0.25) is 0 Å². The maximum Gasteiger partial charge on any atom is 0.0540 e. The summed E-state index contributed by atoms with van der Waals surface area (Å²) in [4.78, 5) is 2.53. The molecule has 1 nitrogen and oxygen atoms in total. The molecule has 1 heteroatoms. The number of rotatable bonds is 7. The topological polar surface area (TPSA) is 3.24 Å². The van der Waals surface area contributed by atoms with Crippen LogP contribution in [0.5, 0.6) is 0 Å². The van der Waals surface area contributed by atoms with Gasteiger partial charge in [0.1, 0.15) is 0 Å². The van der Waals surface area contributed by atoms with E-state index in [1.165, 1.54) is 104 Å². The van der Waals surface area contributed by atoms with E-state index in [2.05, 4.69) is 212 Å². The summed E-state index contributed by atoms with van der Waals surface area (Å²) in [6.45, 7) is 2.40. The van der Waals surface area contributed by atoms with E-state index in [1.54, 1.807) is 5.57 Å². The summed E-state index contributed by atoms with van der Waals surface area (Å²) >= 11 is 0. The van der Waals surface area contributed by atoms with Crippen molar-refractivity contribution in [3.8, 4) is 22.3 Å². The van der Waals surface area contributed by atoms with Gasteiger partial charge in [0, 0.05) is 34.0 Å². The van der Waals surface area contributed by atoms with Gasteiger partial charge in [-0.25, -0.2) is 0 Å². The molecular formula is C58H49N. The Balaban J connectivity index is 1.05. The first kappa shape index (κ1) is 35.7. The number of hydrogen-bond donors (Lipinski definition) is 0. The highest BCUT2D eigenvalue weighted by Gasteiger charge is 2.42. The number of hydrogen-bond acceptors (Lipinski definition) is 1. The van der Waals surface area contributed by atoms with Crippen LogP contribution in [0, 0.1) is 11.8 Å². The highest BCUT2D eigenvalue weighted by atomic mass is 15.1. The van der Waals surface area contributed by atoms with Crippen LogP contribution in [0.25, 0.3) is 33.0 Å². The third kappa shape index (κ3) is 5.90. The molecule has 0 heterocycles. The lowest BCUT2D eigenvalue weighted by Crippen LogP contribution is -2.26. The molecule has 59 heavy (non-hydrogen) atoms. The molecular weight excluding hydrogens is 711 g/mol. The van der Waals surface area contributed by atoms with Crippen molar-refractivity contribution in [3.63, 3.8) is 0 Å². The van der Waals surface area contributed by atoms with Crippen LogP contribution in [0.3, 0.4) is 0 Å². The van der Waals surface area contributed by atoms with Gasteiger partial charge >= 0.3 is 0 Å². The SMILES string of the molecule is CC1(c2ccccc2)c2ccccc2-c2c(-c3ccc(N(c4ccccc4C4C=CC=C5C=CC=C(C6CCCCC6)C54)c4cccc5ccccc45)cc3)cccc21. The van der Waals surface area contributed by atoms with Gasteiger partial charge in [-0.2, -0.15) is 0 Å². The lowest BCUT2D eigenvalue weighted by atomic mass is 9.66. The fourth-order valence-electron chi connectivity index (χ4n) is 11.2. The van der Waals surface area contributed by atoms with Crippen LogP contribution >= 0.6 is 0 Å². The Morgan fingerprint density at radius 3 is 2.14 bits per heavy atom. The summed E-state index contributed by atoms with van der Waals surface area (Å²) in [5, 5.41) is 2.49. The first-order valence-corrected chi connectivity index (χ1v) is 21.7. The summed E-state index contributed by atoms with van der Waals surface area (Å²) in [6.07, 6.45) is 20.9. The van der Waals surface area contributed by atoms with E-state index in [4.69, 9.17) is 0 Å². The smallest absolute Gasteiger partial charge is 0.0540 e. The summed E-state index contributed by atoms with van der Waals surface area (Å²) in [5.41, 5.74) is 17.0. The first-order valence-electron chi connectivity index (χ1n) is 21.7. The van der Waals surface area contributed by atoms with Crippen molar-refractivity contribution in [2.45, 2.75) is 50.4 Å². The molecule has 0 amide bonds. The van der Waals surface area contributed by atoms with E-state index in [0.717, 1.165) is 5.69 Å². The van der Waals surface area contributed by atoms with Crippen molar-refractivity contribution in [2.75, 3.05) is 4.90 Å². The van der Waals surface area contributed by atoms with E-state index in [9.17, 15) is 0 Å². The second-order valence-corrected chi connectivity index (χ2v) is 17.1. The molecule has 4 aliphatic carbocycles. The number of nitrogens with zero attached hydrogens (tertiary/aromatic N) is 1. The highest BCUT2D eigenvalue weighted by molar-refractivity contribution is 6.00. The average Bonchev–Trinajstić information content (AvgIpc) is 3.58. The summed E-state index contributed by atoms with van der Waals surface area (Å²) in [6, 6.07) is 61.2. The predicted octanol–water partition coefficient (Wildman–Crippen LogP) is 15.6. The minimum absolute atomic E-state index is 0.229. The predicted molar refractivity (Wildman–Crippen MR) is 249 cm³/mol. The molecule has 11 rings (SSSR count). The van der Waals surface area contributed by atoms with Crippen molar-refractivity contribution in [1.29, 1.82) is 0 Å². The standard InChI is InChI=1S/C58H49N/c1-58(44-24-6-3-7-25-44)52-32-12-10-28-51(52)57-48(30-17-33-53(57)58)42-36-38-45(39-37-42)59(54-35-16-21-40-20-8-9-26-46(40)54)55-34-13-11-27-49(55)50-31-15-23-43-22-14-29-47(56(43)50)41-18-4-2-5-19-41/h3,6-17,20-39,41,50,56H,2,4-5,18-19H2,1H3. The molecule has 0 spiro atoms. The minimum atomic E-state index is -0.235. The van der Waals surface area contributed by atoms with Crippen LogP contribution in [0.1, 0.15) is 67.2 Å². The molecule has 0 bridgehead atoms. The van der Waals surface area contributed by atoms with E-state index >= 15 is 0 Å². The molecule has 3 unspecified atom stereocenters. The normalized spacial score (nSPS) is 20.7. The van der Waals surface area contributed by atoms with E-state index in [1.807, 2.05) is 0 Å². The van der Waals surface area contributed by atoms with Crippen molar-refractivity contribution in [3.05, 3.63) is 234 Å². The first-order chi connectivity index (χ1) is 29.2. The number of allylic oxidation sites excluding steroid dienone is 8. The Kier molecular flexibility index (Phi) is 8.92. The molecule has 7 aromatic rings. The van der Waals surface area contributed by atoms with Gasteiger partial charge in [-0.15, -0.1) is 0 Å². The van der Waals surface area contributed by atoms with Crippen LogP contribution < -0.4 is 4.90 Å². The van der Waals surface area contributed by atoms with Crippen molar-refractivity contribution in [2.24, 2.45) is 11.8 Å². The molecule has 0 aliphatic heterocycles. The van der Waals surface area contributed by atoms with Gasteiger partial charge in [0.2, 0.25) is 0 Å². The second-order valence-electron chi connectivity index (χ2n) is 17.1. The zero-order valence-electron chi connectivity index (χ0n) is 33.8. The molecule has 1 fully saturated rings. The van der Waals surface area contributed by atoms with Crippen LogP contribution in [0.4, 0.5) is 17.1 Å². The summed E-state index contributed by atoms with van der Waals surface area (Å²) < 4.78 is 0. The number of para-hydroxylation sites is 1. The Hall–Kier alpha value is -6.44. The Bertz CT molecular complexity index is 2820. The van der Waals surface area contributed by atoms with Crippen LogP contribution in [-0.4, -0.2) is 0 Å². The molecule has 3 atom stereocenters. The van der Waals surface area contributed by atoms with Crippen molar-refractivity contribution < 1.29 is 0 Å². The van der Waals surface area contributed by atoms with Gasteiger partial charge in [0.05, 0.1) is 5.69 Å². The maximum atomic E-state index is 2.53. The van der Waals surface area contributed by atoms with Gasteiger partial charge in [0.15, 0.2) is 0 Å². The number of anilines is 3. The van der Waals surface area contributed by atoms with Crippen LogP contribution in [-0.2, 0) is 5.41 Å². The van der Waals surface area contributed by atoms with Gasteiger partial charge < -0.3 is 4.90 Å². The zero-order chi connectivity index (χ0) is 39.3. The number of fused-ring (bicyclic) bond motifs is 5.